The summed E-state index contributed by atoms with van der Waals surface area (Å²) in [5.41, 5.74) is 0.228. The van der Waals surface area contributed by atoms with Crippen molar-refractivity contribution in [1.82, 2.24) is 0 Å². The number of methoxy groups -OCH3 is 1. The molecule has 0 N–H and O–H groups in total. The summed E-state index contributed by atoms with van der Waals surface area (Å²) in [5.74, 6) is 1.39. The van der Waals surface area contributed by atoms with E-state index in [0.29, 0.717) is 17.8 Å². The molecular weight excluding hydrogens is 164 g/mol. The van der Waals surface area contributed by atoms with Crippen LogP contribution >= 0.6 is 0 Å². The number of ketones is 1. The van der Waals surface area contributed by atoms with Crippen molar-refractivity contribution < 1.29 is 9.53 Å². The molecular formula is C11H18O2. The van der Waals surface area contributed by atoms with Gasteiger partial charge in [0.1, 0.15) is 5.78 Å². The van der Waals surface area contributed by atoms with Gasteiger partial charge >= 0.3 is 0 Å². The van der Waals surface area contributed by atoms with E-state index in [9.17, 15) is 4.79 Å². The Balaban J connectivity index is 2.23. The average molecular weight is 182 g/mol. The lowest BCUT2D eigenvalue weighted by atomic mass is 9.44. The quantitative estimate of drug-likeness (QED) is 0.619. The summed E-state index contributed by atoms with van der Waals surface area (Å²) < 4.78 is 5.39. The summed E-state index contributed by atoms with van der Waals surface area (Å²) in [6.07, 6.45) is 1.24. The molecule has 3 fully saturated rings. The van der Waals surface area contributed by atoms with Crippen molar-refractivity contribution in [3.63, 3.8) is 0 Å². The molecule has 2 heteroatoms. The Morgan fingerprint density at radius 2 is 2.08 bits per heavy atom. The fourth-order valence-electron chi connectivity index (χ4n) is 3.40. The number of carbonyl (C=O) groups excluding carboxylic acids is 1. The van der Waals surface area contributed by atoms with Crippen LogP contribution < -0.4 is 0 Å². The Hall–Kier alpha value is -0.370. The fraction of sp³-hybridized carbons (Fsp3) is 0.909. The van der Waals surface area contributed by atoms with Crippen molar-refractivity contribution in [2.45, 2.75) is 33.3 Å². The second kappa shape index (κ2) is 2.57. The molecule has 0 radical (unpaired) electrons. The van der Waals surface area contributed by atoms with E-state index in [0.717, 1.165) is 6.42 Å². The maximum Gasteiger partial charge on any atom is 0.140 e. The van der Waals surface area contributed by atoms with Crippen molar-refractivity contribution in [3.8, 4) is 0 Å². The molecule has 0 aromatic heterocycles. The van der Waals surface area contributed by atoms with Crippen LogP contribution in [0.3, 0.4) is 0 Å². The van der Waals surface area contributed by atoms with Gasteiger partial charge in [-0.2, -0.15) is 0 Å². The Morgan fingerprint density at radius 1 is 1.46 bits per heavy atom. The molecule has 0 spiro atoms. The van der Waals surface area contributed by atoms with Gasteiger partial charge < -0.3 is 4.74 Å². The fourth-order valence-corrected chi connectivity index (χ4v) is 3.40. The van der Waals surface area contributed by atoms with Gasteiger partial charge in [0, 0.05) is 18.9 Å². The van der Waals surface area contributed by atoms with Crippen LogP contribution in [0, 0.1) is 23.2 Å². The maximum atomic E-state index is 11.7. The van der Waals surface area contributed by atoms with Gasteiger partial charge in [-0.05, 0) is 17.8 Å². The number of rotatable bonds is 1. The van der Waals surface area contributed by atoms with Crippen molar-refractivity contribution in [1.29, 1.82) is 0 Å². The minimum absolute atomic E-state index is 0.228. The first-order valence-electron chi connectivity index (χ1n) is 5.06. The number of fused-ring (bicyclic) bond motifs is 2. The van der Waals surface area contributed by atoms with Gasteiger partial charge in [-0.3, -0.25) is 4.79 Å². The van der Waals surface area contributed by atoms with Gasteiger partial charge in [0.15, 0.2) is 0 Å². The van der Waals surface area contributed by atoms with Crippen molar-refractivity contribution in [2.75, 3.05) is 7.11 Å². The molecule has 74 valence electrons. The first kappa shape index (κ1) is 9.20. The standard InChI is InChI=1S/C11H18O2/c1-6-8(13-4)5-7-10(12)9(6)11(7,2)3/h6-9H,5H2,1-4H3/t6-,7+,8+,9-/m0/s1. The molecule has 0 aromatic rings. The third-order valence-electron chi connectivity index (χ3n) is 4.23. The third-order valence-corrected chi connectivity index (χ3v) is 4.23. The zero-order valence-corrected chi connectivity index (χ0v) is 8.83. The molecule has 13 heavy (non-hydrogen) atoms. The van der Waals surface area contributed by atoms with E-state index < -0.39 is 0 Å². The van der Waals surface area contributed by atoms with E-state index in [4.69, 9.17) is 4.74 Å². The molecule has 2 bridgehead atoms. The van der Waals surface area contributed by atoms with E-state index in [-0.39, 0.29) is 17.3 Å². The lowest BCUT2D eigenvalue weighted by molar-refractivity contribution is -0.183. The molecule has 3 rings (SSSR count). The normalized spacial score (nSPS) is 47.2. The second-order valence-electron chi connectivity index (χ2n) is 5.12. The van der Waals surface area contributed by atoms with Gasteiger partial charge in [0.25, 0.3) is 0 Å². The highest BCUT2D eigenvalue weighted by Crippen LogP contribution is 2.59. The maximum absolute atomic E-state index is 11.7. The molecule has 0 aromatic carbocycles. The molecule has 0 unspecified atom stereocenters. The van der Waals surface area contributed by atoms with Crippen molar-refractivity contribution >= 4 is 5.78 Å². The van der Waals surface area contributed by atoms with Crippen LogP contribution in [0.25, 0.3) is 0 Å². The number of hydrogen-bond acceptors (Lipinski definition) is 2. The minimum atomic E-state index is 0.228. The Labute approximate surface area is 79.7 Å². The van der Waals surface area contributed by atoms with Gasteiger partial charge in [-0.15, -0.1) is 0 Å². The predicted molar refractivity (Wildman–Crippen MR) is 50.3 cm³/mol. The third kappa shape index (κ3) is 0.954. The first-order valence-corrected chi connectivity index (χ1v) is 5.06. The molecule has 0 aliphatic heterocycles. The summed E-state index contributed by atoms with van der Waals surface area (Å²) in [5, 5.41) is 0. The lowest BCUT2D eigenvalue weighted by Crippen LogP contribution is -2.64. The molecule has 3 aliphatic carbocycles. The zero-order chi connectivity index (χ0) is 9.80. The molecule has 3 aliphatic rings. The summed E-state index contributed by atoms with van der Waals surface area (Å²) in [6, 6.07) is 0. The van der Waals surface area contributed by atoms with E-state index in [1.165, 1.54) is 0 Å². The van der Waals surface area contributed by atoms with E-state index >= 15 is 0 Å². The van der Waals surface area contributed by atoms with Crippen LogP contribution in [0.2, 0.25) is 0 Å². The highest BCUT2D eigenvalue weighted by Gasteiger charge is 2.62. The Bertz CT molecular complexity index is 244. The Kier molecular flexibility index (Phi) is 1.82. The van der Waals surface area contributed by atoms with E-state index in [2.05, 4.69) is 20.8 Å². The molecule has 0 amide bonds. The molecule has 4 atom stereocenters. The van der Waals surface area contributed by atoms with Gasteiger partial charge in [0.2, 0.25) is 0 Å². The SMILES string of the molecule is CO[C@@H]1C[C@@H]2C(=O)[C@H]([C@H]1C)C2(C)C. The second-order valence-corrected chi connectivity index (χ2v) is 5.12. The topological polar surface area (TPSA) is 26.3 Å². The van der Waals surface area contributed by atoms with Crippen LogP contribution in [0.4, 0.5) is 0 Å². The summed E-state index contributed by atoms with van der Waals surface area (Å²) in [6.45, 7) is 6.58. The Morgan fingerprint density at radius 3 is 2.46 bits per heavy atom. The highest BCUT2D eigenvalue weighted by molar-refractivity contribution is 5.92. The average Bonchev–Trinajstić information content (AvgIpc) is 2.04. The van der Waals surface area contributed by atoms with E-state index in [1.807, 2.05) is 0 Å². The minimum Gasteiger partial charge on any atom is -0.381 e. The van der Waals surface area contributed by atoms with Crippen LogP contribution in [0.5, 0.6) is 0 Å². The van der Waals surface area contributed by atoms with Crippen molar-refractivity contribution in [3.05, 3.63) is 0 Å². The number of carbonyl (C=O) groups is 1. The summed E-state index contributed by atoms with van der Waals surface area (Å²) in [7, 11) is 1.75. The largest absolute Gasteiger partial charge is 0.381 e. The van der Waals surface area contributed by atoms with Crippen LogP contribution in [0.15, 0.2) is 0 Å². The van der Waals surface area contributed by atoms with Gasteiger partial charge in [-0.1, -0.05) is 20.8 Å². The summed E-state index contributed by atoms with van der Waals surface area (Å²) in [4.78, 5) is 11.7. The smallest absolute Gasteiger partial charge is 0.140 e. The zero-order valence-electron chi connectivity index (χ0n) is 8.83. The monoisotopic (exact) mass is 182 g/mol. The molecule has 3 saturated carbocycles. The lowest BCUT2D eigenvalue weighted by Gasteiger charge is -2.59. The predicted octanol–water partition coefficient (Wildman–Crippen LogP) is 1.88. The molecule has 0 saturated heterocycles. The number of Topliss-reactive ketones (excluding diaryl/α,β-unsaturated/α-hetero) is 1. The van der Waals surface area contributed by atoms with E-state index in [1.54, 1.807) is 7.11 Å². The van der Waals surface area contributed by atoms with Gasteiger partial charge in [-0.25, -0.2) is 0 Å². The molecule has 2 nitrogen and oxygen atoms in total. The number of ether oxygens (including phenoxy) is 1. The molecule has 0 heterocycles. The van der Waals surface area contributed by atoms with Crippen LogP contribution in [-0.4, -0.2) is 19.0 Å². The van der Waals surface area contributed by atoms with Crippen LogP contribution in [0.1, 0.15) is 27.2 Å². The van der Waals surface area contributed by atoms with Gasteiger partial charge in [0.05, 0.1) is 6.10 Å². The van der Waals surface area contributed by atoms with Crippen molar-refractivity contribution in [2.24, 2.45) is 23.2 Å². The summed E-state index contributed by atoms with van der Waals surface area (Å²) >= 11 is 0. The highest BCUT2D eigenvalue weighted by atomic mass is 16.5. The number of hydrogen-bond donors (Lipinski definition) is 0. The first-order chi connectivity index (χ1) is 6.00. The van der Waals surface area contributed by atoms with Crippen LogP contribution in [-0.2, 0) is 9.53 Å².